The van der Waals surface area contributed by atoms with Crippen LogP contribution < -0.4 is 0 Å². The minimum absolute atomic E-state index is 0.223. The fourth-order valence-corrected chi connectivity index (χ4v) is 1.26. The highest BCUT2D eigenvalue weighted by atomic mass is 16.6. The molecule has 0 aliphatic carbocycles. The number of likely N-dealkylation sites (N-methyl/N-ethyl adjacent to an activating group) is 1. The number of carbonyl (C=O) groups is 1. The van der Waals surface area contributed by atoms with E-state index in [4.69, 9.17) is 4.74 Å². The Morgan fingerprint density at radius 2 is 2.00 bits per heavy atom. The molecule has 0 spiro atoms. The lowest BCUT2D eigenvalue weighted by atomic mass is 10.2. The molecule has 0 amide bonds. The monoisotopic (exact) mass is 225 g/mol. The molecule has 0 aliphatic heterocycles. The molecule has 0 radical (unpaired) electrons. The molecule has 0 heterocycles. The number of rotatable bonds is 5. The Balaban J connectivity index is 4.33. The van der Waals surface area contributed by atoms with Crippen LogP contribution in [0.25, 0.3) is 0 Å². The highest BCUT2D eigenvalue weighted by Gasteiger charge is 2.17. The van der Waals surface area contributed by atoms with Crippen LogP contribution in [0.15, 0.2) is 24.4 Å². The van der Waals surface area contributed by atoms with E-state index in [2.05, 4.69) is 6.58 Å². The van der Waals surface area contributed by atoms with Gasteiger partial charge in [-0.2, -0.15) is 0 Å². The molecule has 0 aromatic carbocycles. The lowest BCUT2D eigenvalue weighted by molar-refractivity contribution is -0.155. The van der Waals surface area contributed by atoms with Crippen LogP contribution >= 0.6 is 0 Å². The van der Waals surface area contributed by atoms with Gasteiger partial charge >= 0.3 is 5.97 Å². The van der Waals surface area contributed by atoms with Gasteiger partial charge in [-0.3, -0.25) is 4.79 Å². The van der Waals surface area contributed by atoms with E-state index in [1.807, 2.05) is 45.7 Å². The van der Waals surface area contributed by atoms with Gasteiger partial charge in [0.25, 0.3) is 0 Å². The van der Waals surface area contributed by atoms with Crippen molar-refractivity contribution in [2.24, 2.45) is 0 Å². The quantitative estimate of drug-likeness (QED) is 0.532. The van der Waals surface area contributed by atoms with Crippen molar-refractivity contribution < 1.29 is 9.53 Å². The third-order valence-corrected chi connectivity index (χ3v) is 1.85. The van der Waals surface area contributed by atoms with Crippen molar-refractivity contribution >= 4 is 5.97 Å². The summed E-state index contributed by atoms with van der Waals surface area (Å²) in [4.78, 5) is 13.4. The first kappa shape index (κ1) is 14.8. The van der Waals surface area contributed by atoms with Crippen LogP contribution in [-0.4, -0.2) is 30.1 Å². The van der Waals surface area contributed by atoms with Crippen LogP contribution in [-0.2, 0) is 9.53 Å². The molecule has 0 bridgehead atoms. The molecule has 0 rings (SSSR count). The number of hydrogen-bond donors (Lipinski definition) is 0. The van der Waals surface area contributed by atoms with Gasteiger partial charge in [-0.15, -0.1) is 0 Å². The first-order valence-electron chi connectivity index (χ1n) is 5.55. The lowest BCUT2D eigenvalue weighted by Gasteiger charge is -2.24. The number of nitrogens with zero attached hydrogens (tertiary/aromatic N) is 1. The van der Waals surface area contributed by atoms with E-state index in [0.717, 1.165) is 12.1 Å². The maximum Gasteiger partial charge on any atom is 0.326 e. The third kappa shape index (κ3) is 6.27. The first-order valence-corrected chi connectivity index (χ1v) is 5.55. The van der Waals surface area contributed by atoms with Crippen LogP contribution in [0.5, 0.6) is 0 Å². The van der Waals surface area contributed by atoms with Gasteiger partial charge in [-0.1, -0.05) is 19.6 Å². The van der Waals surface area contributed by atoms with E-state index in [1.165, 1.54) is 0 Å². The predicted octanol–water partition coefficient (Wildman–Crippen LogP) is 2.74. The zero-order valence-electron chi connectivity index (χ0n) is 11.0. The van der Waals surface area contributed by atoms with Gasteiger partial charge in [0.1, 0.15) is 12.1 Å². The van der Waals surface area contributed by atoms with Gasteiger partial charge < -0.3 is 9.64 Å². The number of allylic oxidation sites excluding steroid dienone is 2. The fraction of sp³-hybridized carbons (Fsp3) is 0.615. The van der Waals surface area contributed by atoms with E-state index >= 15 is 0 Å². The Bertz CT molecular complexity index is 274. The second-order valence-electron chi connectivity index (χ2n) is 4.68. The Morgan fingerprint density at radius 3 is 2.38 bits per heavy atom. The zero-order valence-corrected chi connectivity index (χ0v) is 11.0. The summed E-state index contributed by atoms with van der Waals surface area (Å²) in [7, 11) is 1.85. The summed E-state index contributed by atoms with van der Waals surface area (Å²) < 4.78 is 5.24. The second-order valence-corrected chi connectivity index (χ2v) is 4.68. The second kappa shape index (κ2) is 6.36. The van der Waals surface area contributed by atoms with Gasteiger partial charge in [0, 0.05) is 12.7 Å². The van der Waals surface area contributed by atoms with Gasteiger partial charge in [0.15, 0.2) is 0 Å². The van der Waals surface area contributed by atoms with Crippen molar-refractivity contribution in [1.29, 1.82) is 0 Å². The average Bonchev–Trinajstić information content (AvgIpc) is 2.10. The molecule has 0 saturated carbocycles. The lowest BCUT2D eigenvalue weighted by Crippen LogP contribution is -2.32. The van der Waals surface area contributed by atoms with Crippen LogP contribution in [0.1, 0.15) is 34.1 Å². The molecule has 3 nitrogen and oxygen atoms in total. The molecule has 0 aromatic heterocycles. The van der Waals surface area contributed by atoms with E-state index in [9.17, 15) is 4.79 Å². The van der Waals surface area contributed by atoms with Crippen molar-refractivity contribution in [2.75, 3.05) is 13.6 Å². The van der Waals surface area contributed by atoms with Crippen LogP contribution in [0, 0.1) is 0 Å². The Kier molecular flexibility index (Phi) is 5.86. The van der Waals surface area contributed by atoms with E-state index in [-0.39, 0.29) is 12.5 Å². The Labute approximate surface area is 98.8 Å². The number of carbonyl (C=O) groups excluding carboxylic acids is 1. The molecule has 0 saturated heterocycles. The number of esters is 1. The molecule has 92 valence electrons. The van der Waals surface area contributed by atoms with Gasteiger partial charge in [-0.05, 0) is 33.3 Å². The molecule has 0 N–H and O–H groups in total. The van der Waals surface area contributed by atoms with E-state index in [1.54, 1.807) is 6.08 Å². The summed E-state index contributed by atoms with van der Waals surface area (Å²) in [6.07, 6.45) is 4.69. The van der Waals surface area contributed by atoms with Crippen molar-refractivity contribution in [3.8, 4) is 0 Å². The topological polar surface area (TPSA) is 29.5 Å². The standard InChI is InChI=1S/C13H23NO2/c1-7-9-11(8-2)14(6)10-12(15)16-13(3,4)5/h8-9H,2,7,10H2,1,3-6H3/b11-9+. The minimum atomic E-state index is -0.430. The minimum Gasteiger partial charge on any atom is -0.459 e. The van der Waals surface area contributed by atoms with Crippen molar-refractivity contribution in [3.63, 3.8) is 0 Å². The normalized spacial score (nSPS) is 12.2. The Morgan fingerprint density at radius 1 is 1.44 bits per heavy atom. The van der Waals surface area contributed by atoms with Crippen LogP contribution in [0.3, 0.4) is 0 Å². The molecule has 0 aliphatic rings. The third-order valence-electron chi connectivity index (χ3n) is 1.85. The molecule has 0 fully saturated rings. The summed E-state index contributed by atoms with van der Waals surface area (Å²) >= 11 is 0. The van der Waals surface area contributed by atoms with E-state index < -0.39 is 5.60 Å². The van der Waals surface area contributed by atoms with Gasteiger partial charge in [0.05, 0.1) is 0 Å². The molecule has 0 unspecified atom stereocenters. The molecule has 0 atom stereocenters. The van der Waals surface area contributed by atoms with Crippen molar-refractivity contribution in [2.45, 2.75) is 39.7 Å². The number of hydrogen-bond acceptors (Lipinski definition) is 3. The predicted molar refractivity (Wildman–Crippen MR) is 67.0 cm³/mol. The fourth-order valence-electron chi connectivity index (χ4n) is 1.26. The van der Waals surface area contributed by atoms with Crippen LogP contribution in [0.2, 0.25) is 0 Å². The highest BCUT2D eigenvalue weighted by molar-refractivity contribution is 5.72. The SMILES string of the molecule is C=C/C(=C\CC)N(C)CC(=O)OC(C)(C)C. The smallest absolute Gasteiger partial charge is 0.326 e. The summed E-state index contributed by atoms with van der Waals surface area (Å²) in [5.41, 5.74) is 0.522. The molecular weight excluding hydrogens is 202 g/mol. The number of ether oxygens (including phenoxy) is 1. The Hall–Kier alpha value is -1.25. The van der Waals surface area contributed by atoms with Gasteiger partial charge in [0.2, 0.25) is 0 Å². The van der Waals surface area contributed by atoms with Crippen molar-refractivity contribution in [3.05, 3.63) is 24.4 Å². The molecule has 3 heteroatoms. The molecule has 0 aromatic rings. The maximum absolute atomic E-state index is 11.6. The van der Waals surface area contributed by atoms with Crippen molar-refractivity contribution in [1.82, 2.24) is 4.90 Å². The summed E-state index contributed by atoms with van der Waals surface area (Å²) in [6, 6.07) is 0. The zero-order chi connectivity index (χ0) is 12.8. The molecule has 16 heavy (non-hydrogen) atoms. The van der Waals surface area contributed by atoms with Crippen LogP contribution in [0.4, 0.5) is 0 Å². The highest BCUT2D eigenvalue weighted by Crippen LogP contribution is 2.09. The van der Waals surface area contributed by atoms with E-state index in [0.29, 0.717) is 0 Å². The maximum atomic E-state index is 11.6. The molecular formula is C13H23NO2. The largest absolute Gasteiger partial charge is 0.459 e. The van der Waals surface area contributed by atoms with Gasteiger partial charge in [-0.25, -0.2) is 0 Å². The first-order chi connectivity index (χ1) is 7.30. The summed E-state index contributed by atoms with van der Waals surface area (Å²) in [6.45, 7) is 11.6. The summed E-state index contributed by atoms with van der Waals surface area (Å²) in [5.74, 6) is -0.223. The summed E-state index contributed by atoms with van der Waals surface area (Å²) in [5, 5.41) is 0. The average molecular weight is 225 g/mol.